The molecule has 0 aliphatic heterocycles. The Morgan fingerprint density at radius 3 is 2.22 bits per heavy atom. The van der Waals surface area contributed by atoms with Crippen LogP contribution in [0.4, 0.5) is 11.4 Å². The predicted molar refractivity (Wildman–Crippen MR) is 158 cm³/mol. The number of amides is 2. The Morgan fingerprint density at radius 2 is 1.63 bits per heavy atom. The number of non-ortho nitro benzene ring substituents is 1. The van der Waals surface area contributed by atoms with Gasteiger partial charge in [0, 0.05) is 25.2 Å². The van der Waals surface area contributed by atoms with Crippen LogP contribution in [-0.4, -0.2) is 49.2 Å². The SMILES string of the molecule is CC[C@@H](C(=O)NCC(C)C)N(Cc1ccc(C)cc1)C(=O)CN(c1cccc([N+](=O)[O-])c1)S(=O)(=O)c1ccccc1. The minimum atomic E-state index is -4.32. The van der Waals surface area contributed by atoms with E-state index in [1.165, 1.54) is 35.2 Å². The van der Waals surface area contributed by atoms with Crippen LogP contribution in [-0.2, 0) is 26.2 Å². The Hall–Kier alpha value is -4.25. The monoisotopic (exact) mass is 580 g/mol. The number of sulfonamides is 1. The third kappa shape index (κ3) is 8.14. The molecule has 0 unspecified atom stereocenters. The number of carbonyl (C=O) groups is 2. The van der Waals surface area contributed by atoms with Crippen LogP contribution in [0.2, 0.25) is 0 Å². The van der Waals surface area contributed by atoms with Gasteiger partial charge in [-0.15, -0.1) is 0 Å². The number of rotatable bonds is 13. The van der Waals surface area contributed by atoms with Crippen LogP contribution in [0.15, 0.2) is 83.8 Å². The van der Waals surface area contributed by atoms with Crippen LogP contribution >= 0.6 is 0 Å². The summed E-state index contributed by atoms with van der Waals surface area (Å²) < 4.78 is 28.5. The average Bonchev–Trinajstić information content (AvgIpc) is 2.96. The molecular formula is C30H36N4O6S. The van der Waals surface area contributed by atoms with Gasteiger partial charge in [0.2, 0.25) is 11.8 Å². The molecule has 0 saturated carbocycles. The summed E-state index contributed by atoms with van der Waals surface area (Å²) in [7, 11) is -4.32. The number of nitrogens with one attached hydrogen (secondary N) is 1. The molecule has 0 spiro atoms. The van der Waals surface area contributed by atoms with Crippen LogP contribution < -0.4 is 9.62 Å². The number of hydrogen-bond acceptors (Lipinski definition) is 6. The highest BCUT2D eigenvalue weighted by molar-refractivity contribution is 7.92. The molecule has 2 amide bonds. The number of hydrogen-bond donors (Lipinski definition) is 1. The van der Waals surface area contributed by atoms with Crippen LogP contribution in [0.5, 0.6) is 0 Å². The standard InChI is InChI=1S/C30H36N4O6S/c1-5-28(30(36)31-19-22(2)3)32(20-24-16-14-23(4)15-17-24)29(35)21-33(25-10-9-11-26(18-25)34(37)38)41(39,40)27-12-7-6-8-13-27/h6-18,22,28H,5,19-21H2,1-4H3,(H,31,36)/t28-/m0/s1. The van der Waals surface area contributed by atoms with Crippen LogP contribution in [0.25, 0.3) is 0 Å². The van der Waals surface area contributed by atoms with Crippen LogP contribution in [0, 0.1) is 23.0 Å². The van der Waals surface area contributed by atoms with E-state index < -0.39 is 33.4 Å². The molecule has 1 N–H and O–H groups in total. The van der Waals surface area contributed by atoms with E-state index in [0.717, 1.165) is 21.5 Å². The smallest absolute Gasteiger partial charge is 0.271 e. The summed E-state index contributed by atoms with van der Waals surface area (Å²) >= 11 is 0. The van der Waals surface area contributed by atoms with Crippen molar-refractivity contribution in [2.75, 3.05) is 17.4 Å². The fourth-order valence-corrected chi connectivity index (χ4v) is 5.67. The molecule has 3 rings (SSSR count). The highest BCUT2D eigenvalue weighted by Crippen LogP contribution is 2.27. The Kier molecular flexibility index (Phi) is 10.6. The number of nitro groups is 1. The third-order valence-corrected chi connectivity index (χ3v) is 8.27. The lowest BCUT2D eigenvalue weighted by molar-refractivity contribution is -0.384. The number of nitro benzene ring substituents is 1. The van der Waals surface area contributed by atoms with Gasteiger partial charge in [-0.3, -0.25) is 24.0 Å². The normalized spacial score (nSPS) is 12.0. The number of nitrogens with zero attached hydrogens (tertiary/aromatic N) is 3. The highest BCUT2D eigenvalue weighted by Gasteiger charge is 2.34. The van der Waals surface area contributed by atoms with Gasteiger partial charge >= 0.3 is 0 Å². The fraction of sp³-hybridized carbons (Fsp3) is 0.333. The quantitative estimate of drug-likeness (QED) is 0.231. The largest absolute Gasteiger partial charge is 0.354 e. The summed E-state index contributed by atoms with van der Waals surface area (Å²) in [6.45, 7) is 7.47. The van der Waals surface area contributed by atoms with Gasteiger partial charge in [0.1, 0.15) is 12.6 Å². The van der Waals surface area contributed by atoms with Gasteiger partial charge in [-0.1, -0.05) is 74.9 Å². The first kappa shape index (κ1) is 31.3. The van der Waals surface area contributed by atoms with Crippen molar-refractivity contribution in [3.63, 3.8) is 0 Å². The molecule has 3 aromatic carbocycles. The molecule has 10 nitrogen and oxygen atoms in total. The van der Waals surface area contributed by atoms with E-state index in [9.17, 15) is 28.1 Å². The van der Waals surface area contributed by atoms with Gasteiger partial charge in [0.25, 0.3) is 15.7 Å². The zero-order chi connectivity index (χ0) is 30.2. The molecule has 0 bridgehead atoms. The molecule has 0 radical (unpaired) electrons. The van der Waals surface area contributed by atoms with Gasteiger partial charge in [-0.25, -0.2) is 8.42 Å². The second kappa shape index (κ2) is 13.9. The fourth-order valence-electron chi connectivity index (χ4n) is 4.24. The molecule has 41 heavy (non-hydrogen) atoms. The molecule has 218 valence electrons. The van der Waals surface area contributed by atoms with Gasteiger partial charge in [-0.05, 0) is 43.0 Å². The number of carbonyl (C=O) groups excluding carboxylic acids is 2. The van der Waals surface area contributed by atoms with Gasteiger partial charge in [0.05, 0.1) is 15.5 Å². The van der Waals surface area contributed by atoms with Crippen molar-refractivity contribution in [1.29, 1.82) is 0 Å². The molecule has 0 aliphatic carbocycles. The Labute approximate surface area is 241 Å². The second-order valence-electron chi connectivity index (χ2n) is 10.2. The first-order valence-electron chi connectivity index (χ1n) is 13.4. The maximum absolute atomic E-state index is 14.0. The number of benzene rings is 3. The van der Waals surface area contributed by atoms with Crippen molar-refractivity contribution < 1.29 is 22.9 Å². The average molecular weight is 581 g/mol. The summed E-state index contributed by atoms with van der Waals surface area (Å²) in [6, 6.07) is 19.3. The van der Waals surface area contributed by atoms with Crippen molar-refractivity contribution in [3.05, 3.63) is 100 Å². The second-order valence-corrected chi connectivity index (χ2v) is 12.0. The minimum absolute atomic E-state index is 0.0380. The molecule has 0 aromatic heterocycles. The Bertz CT molecular complexity index is 1460. The summed E-state index contributed by atoms with van der Waals surface area (Å²) in [5, 5.41) is 14.4. The van der Waals surface area contributed by atoms with E-state index in [2.05, 4.69) is 5.32 Å². The first-order chi connectivity index (χ1) is 19.4. The molecule has 0 aliphatic rings. The molecular weight excluding hydrogens is 544 g/mol. The number of anilines is 1. The zero-order valence-corrected chi connectivity index (χ0v) is 24.5. The first-order valence-corrected chi connectivity index (χ1v) is 14.8. The van der Waals surface area contributed by atoms with Crippen LogP contribution in [0.1, 0.15) is 38.3 Å². The molecule has 11 heteroatoms. The van der Waals surface area contributed by atoms with E-state index in [1.807, 2.05) is 45.0 Å². The lowest BCUT2D eigenvalue weighted by atomic mass is 10.1. The van der Waals surface area contributed by atoms with E-state index >= 15 is 0 Å². The topological polar surface area (TPSA) is 130 Å². The lowest BCUT2D eigenvalue weighted by Crippen LogP contribution is -2.52. The zero-order valence-electron chi connectivity index (χ0n) is 23.7. The van der Waals surface area contributed by atoms with E-state index in [4.69, 9.17) is 0 Å². The molecule has 3 aromatic rings. The van der Waals surface area contributed by atoms with Crippen molar-refractivity contribution in [1.82, 2.24) is 10.2 Å². The van der Waals surface area contributed by atoms with Gasteiger partial charge < -0.3 is 10.2 Å². The maximum Gasteiger partial charge on any atom is 0.271 e. The molecule has 0 saturated heterocycles. The lowest BCUT2D eigenvalue weighted by Gasteiger charge is -2.33. The predicted octanol–water partition coefficient (Wildman–Crippen LogP) is 4.68. The molecule has 1 atom stereocenters. The Balaban J connectivity index is 2.07. The maximum atomic E-state index is 14.0. The Morgan fingerprint density at radius 1 is 0.976 bits per heavy atom. The summed E-state index contributed by atoms with van der Waals surface area (Å²) in [5.41, 5.74) is 1.44. The van der Waals surface area contributed by atoms with E-state index in [-0.39, 0.29) is 34.6 Å². The van der Waals surface area contributed by atoms with Crippen molar-refractivity contribution >= 4 is 33.2 Å². The van der Waals surface area contributed by atoms with Crippen molar-refractivity contribution in [2.45, 2.75) is 51.6 Å². The van der Waals surface area contributed by atoms with Crippen LogP contribution in [0.3, 0.4) is 0 Å². The highest BCUT2D eigenvalue weighted by atomic mass is 32.2. The van der Waals surface area contributed by atoms with Crippen molar-refractivity contribution in [2.24, 2.45) is 5.92 Å². The van der Waals surface area contributed by atoms with Gasteiger partial charge in [-0.2, -0.15) is 0 Å². The van der Waals surface area contributed by atoms with E-state index in [1.54, 1.807) is 25.1 Å². The third-order valence-electron chi connectivity index (χ3n) is 6.48. The summed E-state index contributed by atoms with van der Waals surface area (Å²) in [4.78, 5) is 39.5. The molecule has 0 heterocycles. The summed E-state index contributed by atoms with van der Waals surface area (Å²) in [5.74, 6) is -0.768. The van der Waals surface area contributed by atoms with E-state index in [0.29, 0.717) is 13.0 Å². The van der Waals surface area contributed by atoms with Gasteiger partial charge in [0.15, 0.2) is 0 Å². The number of aryl methyl sites for hydroxylation is 1. The van der Waals surface area contributed by atoms with Crippen molar-refractivity contribution in [3.8, 4) is 0 Å². The summed E-state index contributed by atoms with van der Waals surface area (Å²) in [6.07, 6.45) is 0.295. The minimum Gasteiger partial charge on any atom is -0.354 e. The molecule has 0 fully saturated rings.